The Morgan fingerprint density at radius 3 is 2.24 bits per heavy atom. The summed E-state index contributed by atoms with van der Waals surface area (Å²) in [6, 6.07) is 22.5. The van der Waals surface area contributed by atoms with Gasteiger partial charge in [0.1, 0.15) is 5.75 Å². The molecule has 0 aliphatic heterocycles. The molecule has 0 unspecified atom stereocenters. The zero-order valence-corrected chi connectivity index (χ0v) is 18.0. The Hall–Kier alpha value is -2.81. The van der Waals surface area contributed by atoms with Crippen LogP contribution in [0.1, 0.15) is 58.2 Å². The van der Waals surface area contributed by atoms with E-state index in [-0.39, 0.29) is 17.4 Å². The minimum atomic E-state index is -0.521. The second-order valence-corrected chi connectivity index (χ2v) is 8.63. The smallest absolute Gasteiger partial charge is 0.261 e. The molecule has 152 valence electrons. The number of rotatable bonds is 6. The molecule has 1 amide bonds. The topological polar surface area (TPSA) is 38.3 Å². The molecule has 0 aromatic heterocycles. The van der Waals surface area contributed by atoms with Crippen molar-refractivity contribution in [2.24, 2.45) is 0 Å². The summed E-state index contributed by atoms with van der Waals surface area (Å²) in [4.78, 5) is 12.8. The van der Waals surface area contributed by atoms with Gasteiger partial charge in [-0.1, -0.05) is 82.3 Å². The van der Waals surface area contributed by atoms with Crippen molar-refractivity contribution in [2.75, 3.05) is 0 Å². The van der Waals surface area contributed by atoms with E-state index in [2.05, 4.69) is 56.4 Å². The van der Waals surface area contributed by atoms with Gasteiger partial charge in [-0.3, -0.25) is 4.79 Å². The van der Waals surface area contributed by atoms with E-state index < -0.39 is 6.10 Å². The molecule has 3 aromatic rings. The first-order valence-electron chi connectivity index (χ1n) is 10.3. The lowest BCUT2D eigenvalue weighted by atomic mass is 9.86. The highest BCUT2D eigenvalue weighted by atomic mass is 16.5. The highest BCUT2D eigenvalue weighted by Gasteiger charge is 2.21. The lowest BCUT2D eigenvalue weighted by Gasteiger charge is -2.22. The Kier molecular flexibility index (Phi) is 6.26. The first kappa shape index (κ1) is 20.9. The third kappa shape index (κ3) is 5.17. The molecule has 0 aliphatic carbocycles. The van der Waals surface area contributed by atoms with E-state index in [0.29, 0.717) is 12.2 Å². The van der Waals surface area contributed by atoms with Gasteiger partial charge in [0.2, 0.25) is 0 Å². The minimum Gasteiger partial charge on any atom is -0.481 e. The van der Waals surface area contributed by atoms with Gasteiger partial charge in [0, 0.05) is 0 Å². The maximum absolute atomic E-state index is 12.8. The van der Waals surface area contributed by atoms with Crippen LogP contribution >= 0.6 is 0 Å². The SMILES string of the molecule is CC[C@H](Oc1ccc2ccccc2c1)C(=O)N[C@@H](C)c1ccc(C(C)(C)C)cc1. The minimum absolute atomic E-state index is 0.0780. The molecule has 0 spiro atoms. The van der Waals surface area contributed by atoms with Crippen LogP contribution in [0.25, 0.3) is 10.8 Å². The Bertz CT molecular complexity index is 970. The van der Waals surface area contributed by atoms with Crippen LogP contribution < -0.4 is 10.1 Å². The normalized spacial score (nSPS) is 13.7. The second-order valence-electron chi connectivity index (χ2n) is 8.63. The van der Waals surface area contributed by atoms with Crippen LogP contribution in [0, 0.1) is 0 Å². The number of carbonyl (C=O) groups excluding carboxylic acids is 1. The van der Waals surface area contributed by atoms with E-state index in [9.17, 15) is 4.79 Å². The highest BCUT2D eigenvalue weighted by Crippen LogP contribution is 2.25. The molecule has 29 heavy (non-hydrogen) atoms. The highest BCUT2D eigenvalue weighted by molar-refractivity contribution is 5.84. The van der Waals surface area contributed by atoms with E-state index in [1.54, 1.807) is 0 Å². The lowest BCUT2D eigenvalue weighted by molar-refractivity contribution is -0.128. The second kappa shape index (κ2) is 8.69. The molecule has 0 heterocycles. The fourth-order valence-electron chi connectivity index (χ4n) is 3.39. The monoisotopic (exact) mass is 389 g/mol. The van der Waals surface area contributed by atoms with E-state index in [1.807, 2.05) is 50.2 Å². The van der Waals surface area contributed by atoms with Gasteiger partial charge >= 0.3 is 0 Å². The zero-order chi connectivity index (χ0) is 21.0. The summed E-state index contributed by atoms with van der Waals surface area (Å²) in [5.41, 5.74) is 2.49. The molecule has 0 saturated heterocycles. The fraction of sp³-hybridized carbons (Fsp3) is 0.346. The number of carbonyl (C=O) groups is 1. The van der Waals surface area contributed by atoms with Gasteiger partial charge < -0.3 is 10.1 Å². The molecule has 3 heteroatoms. The maximum atomic E-state index is 12.8. The third-order valence-electron chi connectivity index (χ3n) is 5.30. The Morgan fingerprint density at radius 1 is 0.966 bits per heavy atom. The summed E-state index contributed by atoms with van der Waals surface area (Å²) in [5, 5.41) is 5.36. The van der Waals surface area contributed by atoms with Gasteiger partial charge in [-0.15, -0.1) is 0 Å². The Balaban J connectivity index is 1.67. The molecule has 3 nitrogen and oxygen atoms in total. The van der Waals surface area contributed by atoms with E-state index in [4.69, 9.17) is 4.74 Å². The number of benzene rings is 3. The predicted octanol–water partition coefficient (Wildman–Crippen LogP) is 6.17. The number of ether oxygens (including phenoxy) is 1. The number of fused-ring (bicyclic) bond motifs is 1. The molecule has 1 N–H and O–H groups in total. The first-order valence-corrected chi connectivity index (χ1v) is 10.3. The molecule has 0 fully saturated rings. The third-order valence-corrected chi connectivity index (χ3v) is 5.30. The summed E-state index contributed by atoms with van der Waals surface area (Å²) in [6.07, 6.45) is 0.0846. The van der Waals surface area contributed by atoms with Crippen LogP contribution in [0.5, 0.6) is 5.75 Å². The summed E-state index contributed by atoms with van der Waals surface area (Å²) >= 11 is 0. The van der Waals surface area contributed by atoms with Gasteiger partial charge in [-0.2, -0.15) is 0 Å². The predicted molar refractivity (Wildman–Crippen MR) is 120 cm³/mol. The van der Waals surface area contributed by atoms with Crippen molar-refractivity contribution >= 4 is 16.7 Å². The molecule has 0 radical (unpaired) electrons. The largest absolute Gasteiger partial charge is 0.481 e. The van der Waals surface area contributed by atoms with Crippen LogP contribution in [0.4, 0.5) is 0 Å². The van der Waals surface area contributed by atoms with Crippen LogP contribution in [0.2, 0.25) is 0 Å². The van der Waals surface area contributed by atoms with Gasteiger partial charge in [0.25, 0.3) is 5.91 Å². The maximum Gasteiger partial charge on any atom is 0.261 e. The molecular formula is C26H31NO2. The van der Waals surface area contributed by atoms with Crippen molar-refractivity contribution in [1.82, 2.24) is 5.32 Å². The zero-order valence-electron chi connectivity index (χ0n) is 18.0. The van der Waals surface area contributed by atoms with Crippen LogP contribution in [0.15, 0.2) is 66.7 Å². The van der Waals surface area contributed by atoms with Crippen molar-refractivity contribution < 1.29 is 9.53 Å². The van der Waals surface area contributed by atoms with Crippen LogP contribution in [-0.4, -0.2) is 12.0 Å². The van der Waals surface area contributed by atoms with Crippen molar-refractivity contribution in [1.29, 1.82) is 0 Å². The summed E-state index contributed by atoms with van der Waals surface area (Å²) in [5.74, 6) is 0.626. The van der Waals surface area contributed by atoms with Gasteiger partial charge in [-0.25, -0.2) is 0 Å². The Morgan fingerprint density at radius 2 is 1.62 bits per heavy atom. The number of nitrogens with one attached hydrogen (secondary N) is 1. The average Bonchev–Trinajstić information content (AvgIpc) is 2.71. The first-order chi connectivity index (χ1) is 13.8. The number of amides is 1. The quantitative estimate of drug-likeness (QED) is 0.547. The summed E-state index contributed by atoms with van der Waals surface area (Å²) < 4.78 is 6.02. The molecule has 2 atom stereocenters. The molecule has 3 rings (SSSR count). The fourth-order valence-corrected chi connectivity index (χ4v) is 3.39. The summed E-state index contributed by atoms with van der Waals surface area (Å²) in [7, 11) is 0. The van der Waals surface area contributed by atoms with Crippen molar-refractivity contribution in [3.05, 3.63) is 77.9 Å². The molecule has 0 saturated carbocycles. The van der Waals surface area contributed by atoms with E-state index in [1.165, 1.54) is 5.56 Å². The number of hydrogen-bond donors (Lipinski definition) is 1. The van der Waals surface area contributed by atoms with Gasteiger partial charge in [-0.05, 0) is 52.8 Å². The number of hydrogen-bond acceptors (Lipinski definition) is 2. The van der Waals surface area contributed by atoms with Crippen molar-refractivity contribution in [3.63, 3.8) is 0 Å². The van der Waals surface area contributed by atoms with Crippen LogP contribution in [0.3, 0.4) is 0 Å². The molecular weight excluding hydrogens is 358 g/mol. The molecule has 0 aliphatic rings. The van der Waals surface area contributed by atoms with Crippen LogP contribution in [-0.2, 0) is 10.2 Å². The van der Waals surface area contributed by atoms with Crippen molar-refractivity contribution in [3.8, 4) is 5.75 Å². The summed E-state index contributed by atoms with van der Waals surface area (Å²) in [6.45, 7) is 10.6. The molecule has 0 bridgehead atoms. The van der Waals surface area contributed by atoms with Gasteiger partial charge in [0.05, 0.1) is 6.04 Å². The van der Waals surface area contributed by atoms with E-state index in [0.717, 1.165) is 16.3 Å². The standard InChI is InChI=1S/C26H31NO2/c1-6-24(29-23-16-13-20-9-7-8-10-21(20)17-23)25(28)27-18(2)19-11-14-22(15-12-19)26(3,4)5/h7-18,24H,6H2,1-5H3,(H,27,28)/t18-,24-/m0/s1. The molecule has 3 aromatic carbocycles. The van der Waals surface area contributed by atoms with E-state index >= 15 is 0 Å². The average molecular weight is 390 g/mol. The lowest BCUT2D eigenvalue weighted by Crippen LogP contribution is -2.39. The van der Waals surface area contributed by atoms with Gasteiger partial charge in [0.15, 0.2) is 6.10 Å². The Labute approximate surface area is 174 Å². The van der Waals surface area contributed by atoms with Crippen molar-refractivity contribution in [2.45, 2.75) is 58.6 Å².